The largest absolute Gasteiger partial charge is 0.477 e. The summed E-state index contributed by atoms with van der Waals surface area (Å²) in [6, 6.07) is 3.85. The number of pyridine rings is 1. The van der Waals surface area contributed by atoms with Gasteiger partial charge in [-0.2, -0.15) is 0 Å². The fourth-order valence-corrected chi connectivity index (χ4v) is 5.35. The third-order valence-electron chi connectivity index (χ3n) is 5.73. The Kier molecular flexibility index (Phi) is 10.2. The summed E-state index contributed by atoms with van der Waals surface area (Å²) in [5.74, 6) is 1.49. The normalized spacial score (nSPS) is 17.2. The van der Waals surface area contributed by atoms with Crippen molar-refractivity contribution in [1.82, 2.24) is 10.3 Å². The first-order chi connectivity index (χ1) is 15.3. The van der Waals surface area contributed by atoms with E-state index in [2.05, 4.69) is 67.5 Å². The van der Waals surface area contributed by atoms with Crippen molar-refractivity contribution in [3.63, 3.8) is 0 Å². The molecule has 3 N–H and O–H groups in total. The first kappa shape index (κ1) is 28.1. The van der Waals surface area contributed by atoms with Crippen LogP contribution in [0.25, 0.3) is 3.58 Å². The molecule has 1 aromatic rings. The van der Waals surface area contributed by atoms with Gasteiger partial charge in [0.25, 0.3) is 0 Å². The topological polar surface area (TPSA) is 94.3 Å². The molecule has 1 aliphatic rings. The van der Waals surface area contributed by atoms with Crippen LogP contribution in [0, 0.1) is 11.8 Å². The monoisotopic (exact) mass is 589 g/mol. The maximum atomic E-state index is 12.5. The molecule has 1 aromatic heterocycles. The molecule has 0 saturated heterocycles. The van der Waals surface area contributed by atoms with Gasteiger partial charge in [0.05, 0.1) is 12.3 Å². The zero-order valence-corrected chi connectivity index (χ0v) is 23.8. The van der Waals surface area contributed by atoms with E-state index in [9.17, 15) is 8.42 Å². The van der Waals surface area contributed by atoms with Crippen LogP contribution >= 0.6 is 22.6 Å². The van der Waals surface area contributed by atoms with E-state index in [1.165, 1.54) is 32.1 Å². The summed E-state index contributed by atoms with van der Waals surface area (Å²) in [4.78, 5) is 4.80. The molecule has 0 spiro atoms. The highest BCUT2D eigenvalue weighted by Crippen LogP contribution is 2.32. The Morgan fingerprint density at radius 3 is 2.45 bits per heavy atom. The van der Waals surface area contributed by atoms with E-state index in [0.717, 1.165) is 21.4 Å². The SMILES string of the molecule is C/C(NCC1CCCCC1)=C(/C=C(\I)c1cc(OCC(C)C)nc(C(C)(C)C)c1)S(N)(=O)=O. The zero-order valence-electron chi connectivity index (χ0n) is 20.9. The maximum absolute atomic E-state index is 12.5. The molecule has 6 nitrogen and oxygen atoms in total. The van der Waals surface area contributed by atoms with Gasteiger partial charge in [-0.1, -0.05) is 53.9 Å². The van der Waals surface area contributed by atoms with Crippen LogP contribution in [0.5, 0.6) is 5.88 Å². The van der Waals surface area contributed by atoms with Crippen LogP contribution in [0.3, 0.4) is 0 Å². The Hall–Kier alpha value is -1.13. The molecule has 0 unspecified atom stereocenters. The molecular formula is C25H40IN3O3S. The van der Waals surface area contributed by atoms with Crippen LogP contribution in [0.15, 0.2) is 28.8 Å². The van der Waals surface area contributed by atoms with E-state index in [-0.39, 0.29) is 10.3 Å². The molecule has 2 rings (SSSR count). The molecule has 1 saturated carbocycles. The van der Waals surface area contributed by atoms with Gasteiger partial charge in [0.1, 0.15) is 4.91 Å². The van der Waals surface area contributed by atoms with E-state index in [1.807, 2.05) is 12.1 Å². The highest BCUT2D eigenvalue weighted by Gasteiger charge is 2.21. The van der Waals surface area contributed by atoms with E-state index >= 15 is 0 Å². The van der Waals surface area contributed by atoms with Crippen LogP contribution in [-0.4, -0.2) is 26.6 Å². The van der Waals surface area contributed by atoms with Crippen molar-refractivity contribution in [2.45, 2.75) is 79.1 Å². The highest BCUT2D eigenvalue weighted by molar-refractivity contribution is 14.1. The molecule has 33 heavy (non-hydrogen) atoms. The van der Waals surface area contributed by atoms with Crippen LogP contribution in [0.4, 0.5) is 0 Å². The lowest BCUT2D eigenvalue weighted by atomic mass is 9.89. The van der Waals surface area contributed by atoms with Gasteiger partial charge >= 0.3 is 0 Å². The molecule has 0 aromatic carbocycles. The molecule has 0 atom stereocenters. The second kappa shape index (κ2) is 12.0. The molecule has 1 aliphatic carbocycles. The zero-order chi connectivity index (χ0) is 24.8. The number of nitrogens with one attached hydrogen (secondary N) is 1. The number of aromatic nitrogens is 1. The quantitative estimate of drug-likeness (QED) is 0.277. The minimum Gasteiger partial charge on any atom is -0.477 e. The molecule has 0 amide bonds. The minimum atomic E-state index is -3.90. The fraction of sp³-hybridized carbons (Fsp3) is 0.640. The van der Waals surface area contributed by atoms with Crippen molar-refractivity contribution in [3.05, 3.63) is 40.1 Å². The van der Waals surface area contributed by atoms with Gasteiger partial charge in [0.2, 0.25) is 15.9 Å². The average Bonchev–Trinajstić information content (AvgIpc) is 2.73. The Bertz CT molecular complexity index is 973. The lowest BCUT2D eigenvalue weighted by Crippen LogP contribution is -2.26. The predicted octanol–water partition coefficient (Wildman–Crippen LogP) is 5.88. The summed E-state index contributed by atoms with van der Waals surface area (Å²) >= 11 is 2.17. The fourth-order valence-electron chi connectivity index (χ4n) is 3.73. The van der Waals surface area contributed by atoms with Crippen molar-refractivity contribution in [1.29, 1.82) is 0 Å². The summed E-state index contributed by atoms with van der Waals surface area (Å²) in [5.41, 5.74) is 2.14. The summed E-state index contributed by atoms with van der Waals surface area (Å²) < 4.78 is 31.6. The molecule has 8 heteroatoms. The van der Waals surface area contributed by atoms with E-state index in [0.29, 0.717) is 30.0 Å². The summed E-state index contributed by atoms with van der Waals surface area (Å²) in [6.07, 6.45) is 7.80. The van der Waals surface area contributed by atoms with Gasteiger partial charge in [0, 0.05) is 27.3 Å². The number of halogens is 1. The summed E-state index contributed by atoms with van der Waals surface area (Å²) in [5, 5.41) is 8.95. The molecule has 1 fully saturated rings. The first-order valence-electron chi connectivity index (χ1n) is 11.8. The number of nitrogens with two attached hydrogens (primary N) is 1. The van der Waals surface area contributed by atoms with Gasteiger partial charge in [-0.3, -0.25) is 0 Å². The Labute approximate surface area is 214 Å². The molecule has 0 bridgehead atoms. The molecule has 1 heterocycles. The van der Waals surface area contributed by atoms with Gasteiger partial charge in [-0.15, -0.1) is 0 Å². The first-order valence-corrected chi connectivity index (χ1v) is 14.4. The molecule has 0 radical (unpaired) electrons. The third kappa shape index (κ3) is 9.20. The smallest absolute Gasteiger partial charge is 0.239 e. The van der Waals surface area contributed by atoms with E-state index in [4.69, 9.17) is 9.88 Å². The van der Waals surface area contributed by atoms with Crippen LogP contribution in [0.1, 0.15) is 84.9 Å². The van der Waals surface area contributed by atoms with Crippen molar-refractivity contribution in [2.24, 2.45) is 17.0 Å². The van der Waals surface area contributed by atoms with Crippen LogP contribution < -0.4 is 15.2 Å². The second-order valence-electron chi connectivity index (χ2n) is 10.4. The molecular weight excluding hydrogens is 549 g/mol. The maximum Gasteiger partial charge on any atom is 0.239 e. The minimum absolute atomic E-state index is 0.112. The Morgan fingerprint density at radius 1 is 1.27 bits per heavy atom. The number of primary sulfonamides is 1. The number of hydrogen-bond donors (Lipinski definition) is 2. The van der Waals surface area contributed by atoms with Gasteiger partial charge in [-0.25, -0.2) is 18.5 Å². The van der Waals surface area contributed by atoms with E-state index < -0.39 is 10.0 Å². The highest BCUT2D eigenvalue weighted by atomic mass is 127. The van der Waals surface area contributed by atoms with Gasteiger partial charge in [0.15, 0.2) is 0 Å². The second-order valence-corrected chi connectivity index (χ2v) is 13.1. The lowest BCUT2D eigenvalue weighted by molar-refractivity contribution is 0.259. The van der Waals surface area contributed by atoms with Gasteiger partial charge < -0.3 is 10.1 Å². The van der Waals surface area contributed by atoms with Gasteiger partial charge in [-0.05, 0) is 71.9 Å². The van der Waals surface area contributed by atoms with E-state index in [1.54, 1.807) is 13.0 Å². The Morgan fingerprint density at radius 2 is 1.91 bits per heavy atom. The number of rotatable bonds is 9. The van der Waals surface area contributed by atoms with Crippen LogP contribution in [-0.2, 0) is 15.4 Å². The number of allylic oxidation sites excluding steroid dienone is 2. The number of ether oxygens (including phenoxy) is 1. The van der Waals surface area contributed by atoms with Crippen LogP contribution in [0.2, 0.25) is 0 Å². The average molecular weight is 590 g/mol. The molecule has 0 aliphatic heterocycles. The van der Waals surface area contributed by atoms with Crippen molar-refractivity contribution in [3.8, 4) is 5.88 Å². The standard InChI is InChI=1S/C25H40IN3O3S/c1-17(2)16-32-24-13-20(12-23(29-24)25(4,5)6)21(26)14-22(33(27,30)31)18(3)28-15-19-10-8-7-9-11-19/h12-14,17,19,28H,7-11,15-16H2,1-6H3,(H2,27,30,31)/b21-14-,22-18+. The summed E-state index contributed by atoms with van der Waals surface area (Å²) in [7, 11) is -3.90. The number of nitrogens with zero attached hydrogens (tertiary/aromatic N) is 1. The third-order valence-corrected chi connectivity index (χ3v) is 7.70. The summed E-state index contributed by atoms with van der Waals surface area (Å²) in [6.45, 7) is 13.6. The van der Waals surface area contributed by atoms with Crippen molar-refractivity contribution >= 4 is 36.2 Å². The molecule has 186 valence electrons. The lowest BCUT2D eigenvalue weighted by Gasteiger charge is -2.23. The van der Waals surface area contributed by atoms with Crippen molar-refractivity contribution in [2.75, 3.05) is 13.2 Å². The van der Waals surface area contributed by atoms with Crippen molar-refractivity contribution < 1.29 is 13.2 Å². The Balaban J connectivity index is 2.40. The predicted molar refractivity (Wildman–Crippen MR) is 146 cm³/mol. The number of sulfonamides is 1. The number of hydrogen-bond acceptors (Lipinski definition) is 5.